The number of fused-ring (bicyclic) bond motifs is 1. The summed E-state index contributed by atoms with van der Waals surface area (Å²) in [6.45, 7) is 9.69. The van der Waals surface area contributed by atoms with Gasteiger partial charge in [0, 0.05) is 6.54 Å². The number of rotatable bonds is 5. The predicted molar refractivity (Wildman–Crippen MR) is 103 cm³/mol. The standard InChI is InChI=1S/C18H21N5O2S/c1-5-8-19-14(24)11-22-17(25)16-12(10-20-23(16)18(2,3)4)15(21-22)13-7-6-9-26-13/h5-7,9-10H,1,8,11H2,2-4H3,(H,19,24). The Bertz CT molecular complexity index is 1010. The van der Waals surface area contributed by atoms with Gasteiger partial charge in [0.1, 0.15) is 17.8 Å². The van der Waals surface area contributed by atoms with Gasteiger partial charge in [-0.05, 0) is 32.2 Å². The molecule has 0 fully saturated rings. The van der Waals surface area contributed by atoms with Gasteiger partial charge >= 0.3 is 0 Å². The molecular weight excluding hydrogens is 350 g/mol. The van der Waals surface area contributed by atoms with Gasteiger partial charge in [0.05, 0.1) is 22.0 Å². The average Bonchev–Trinajstić information content (AvgIpc) is 3.24. The van der Waals surface area contributed by atoms with Gasteiger partial charge in [-0.1, -0.05) is 12.1 Å². The van der Waals surface area contributed by atoms with Crippen LogP contribution >= 0.6 is 11.3 Å². The topological polar surface area (TPSA) is 81.8 Å². The molecule has 1 amide bonds. The molecule has 3 rings (SSSR count). The van der Waals surface area contributed by atoms with Gasteiger partial charge in [0.15, 0.2) is 0 Å². The number of amides is 1. The Balaban J connectivity index is 2.22. The summed E-state index contributed by atoms with van der Waals surface area (Å²) in [6.07, 6.45) is 3.26. The van der Waals surface area contributed by atoms with Gasteiger partial charge < -0.3 is 5.32 Å². The van der Waals surface area contributed by atoms with Crippen molar-refractivity contribution in [2.24, 2.45) is 0 Å². The maximum atomic E-state index is 13.0. The molecule has 0 saturated heterocycles. The molecule has 0 spiro atoms. The molecule has 0 bridgehead atoms. The summed E-state index contributed by atoms with van der Waals surface area (Å²) in [7, 11) is 0. The zero-order valence-corrected chi connectivity index (χ0v) is 15.8. The number of carbonyl (C=O) groups excluding carboxylic acids is 1. The smallest absolute Gasteiger partial charge is 0.293 e. The molecule has 0 unspecified atom stereocenters. The van der Waals surface area contributed by atoms with E-state index in [1.54, 1.807) is 17.0 Å². The van der Waals surface area contributed by atoms with Crippen molar-refractivity contribution < 1.29 is 4.79 Å². The van der Waals surface area contributed by atoms with Crippen LogP contribution in [0.2, 0.25) is 0 Å². The van der Waals surface area contributed by atoms with Gasteiger partial charge in [0.25, 0.3) is 5.56 Å². The van der Waals surface area contributed by atoms with Crippen molar-refractivity contribution in [2.45, 2.75) is 32.9 Å². The van der Waals surface area contributed by atoms with E-state index >= 15 is 0 Å². The van der Waals surface area contributed by atoms with Gasteiger partial charge in [-0.15, -0.1) is 17.9 Å². The maximum Gasteiger partial charge on any atom is 0.293 e. The molecule has 0 radical (unpaired) electrons. The molecule has 0 saturated carbocycles. The highest BCUT2D eigenvalue weighted by Gasteiger charge is 2.24. The van der Waals surface area contributed by atoms with E-state index in [0.717, 1.165) is 4.88 Å². The number of hydrogen-bond donors (Lipinski definition) is 1. The summed E-state index contributed by atoms with van der Waals surface area (Å²) in [5.74, 6) is -0.294. The minimum atomic E-state index is -0.377. The van der Waals surface area contributed by atoms with Crippen molar-refractivity contribution in [3.8, 4) is 10.6 Å². The molecule has 3 heterocycles. The SMILES string of the molecule is C=CCNC(=O)Cn1nc(-c2cccs2)c2cnn(C(C)(C)C)c2c1=O. The third-order valence-corrected chi connectivity index (χ3v) is 4.69. The van der Waals surface area contributed by atoms with E-state index in [1.165, 1.54) is 16.0 Å². The Kier molecular flexibility index (Phi) is 4.78. The Morgan fingerprint density at radius 2 is 2.19 bits per heavy atom. The van der Waals surface area contributed by atoms with Crippen LogP contribution in [0.5, 0.6) is 0 Å². The molecule has 0 aliphatic carbocycles. The Morgan fingerprint density at radius 3 is 2.81 bits per heavy atom. The van der Waals surface area contributed by atoms with Crippen molar-refractivity contribution >= 4 is 28.1 Å². The van der Waals surface area contributed by atoms with Crippen LogP contribution in [-0.4, -0.2) is 32.0 Å². The lowest BCUT2D eigenvalue weighted by Gasteiger charge is -2.20. The lowest BCUT2D eigenvalue weighted by molar-refractivity contribution is -0.121. The molecule has 3 aromatic rings. The fourth-order valence-corrected chi connectivity index (χ4v) is 3.38. The van der Waals surface area contributed by atoms with Crippen LogP contribution in [0.1, 0.15) is 20.8 Å². The Labute approximate surface area is 155 Å². The van der Waals surface area contributed by atoms with Crippen molar-refractivity contribution in [2.75, 3.05) is 6.54 Å². The summed E-state index contributed by atoms with van der Waals surface area (Å²) in [6, 6.07) is 3.86. The number of thiophene rings is 1. The zero-order valence-electron chi connectivity index (χ0n) is 15.0. The summed E-state index contributed by atoms with van der Waals surface area (Å²) in [4.78, 5) is 26.1. The molecule has 26 heavy (non-hydrogen) atoms. The first kappa shape index (κ1) is 18.1. The quantitative estimate of drug-likeness (QED) is 0.698. The molecule has 3 aromatic heterocycles. The van der Waals surface area contributed by atoms with E-state index in [-0.39, 0.29) is 23.6 Å². The van der Waals surface area contributed by atoms with Crippen molar-refractivity contribution in [1.29, 1.82) is 0 Å². The van der Waals surface area contributed by atoms with Crippen LogP contribution in [0.15, 0.2) is 41.2 Å². The largest absolute Gasteiger partial charge is 0.351 e. The summed E-state index contributed by atoms with van der Waals surface area (Å²) >= 11 is 1.53. The first-order valence-corrected chi connectivity index (χ1v) is 9.11. The monoisotopic (exact) mass is 371 g/mol. The lowest BCUT2D eigenvalue weighted by atomic mass is 10.1. The zero-order chi connectivity index (χ0) is 18.9. The minimum absolute atomic E-state index is 0.156. The second kappa shape index (κ2) is 6.87. The second-order valence-electron chi connectivity index (χ2n) is 6.87. The van der Waals surface area contributed by atoms with E-state index in [1.807, 2.05) is 38.3 Å². The highest BCUT2D eigenvalue weighted by molar-refractivity contribution is 7.13. The van der Waals surface area contributed by atoms with Crippen LogP contribution in [0.4, 0.5) is 0 Å². The average molecular weight is 371 g/mol. The molecule has 0 aromatic carbocycles. The van der Waals surface area contributed by atoms with E-state index in [2.05, 4.69) is 22.1 Å². The van der Waals surface area contributed by atoms with Crippen molar-refractivity contribution in [1.82, 2.24) is 24.9 Å². The summed E-state index contributed by atoms with van der Waals surface area (Å²) < 4.78 is 2.90. The molecular formula is C18H21N5O2S. The van der Waals surface area contributed by atoms with Crippen molar-refractivity contribution in [3.05, 3.63) is 46.7 Å². The van der Waals surface area contributed by atoms with E-state index in [0.29, 0.717) is 23.1 Å². The molecule has 7 nitrogen and oxygen atoms in total. The van der Waals surface area contributed by atoms with Crippen LogP contribution < -0.4 is 10.9 Å². The molecule has 136 valence electrons. The van der Waals surface area contributed by atoms with Crippen LogP contribution in [0.25, 0.3) is 21.5 Å². The number of nitrogens with zero attached hydrogens (tertiary/aromatic N) is 4. The maximum absolute atomic E-state index is 13.0. The number of nitrogens with one attached hydrogen (secondary N) is 1. The molecule has 1 N–H and O–H groups in total. The third-order valence-electron chi connectivity index (χ3n) is 3.81. The fourth-order valence-electron chi connectivity index (χ4n) is 2.66. The Morgan fingerprint density at radius 1 is 1.42 bits per heavy atom. The Hall–Kier alpha value is -2.74. The molecule has 8 heteroatoms. The third kappa shape index (κ3) is 3.32. The molecule has 0 atom stereocenters. The highest BCUT2D eigenvalue weighted by atomic mass is 32.1. The van der Waals surface area contributed by atoms with Crippen LogP contribution in [-0.2, 0) is 16.9 Å². The predicted octanol–water partition coefficient (Wildman–Crippen LogP) is 2.38. The van der Waals surface area contributed by atoms with Gasteiger partial charge in [-0.2, -0.15) is 10.2 Å². The van der Waals surface area contributed by atoms with Gasteiger partial charge in [-0.25, -0.2) is 4.68 Å². The van der Waals surface area contributed by atoms with Crippen molar-refractivity contribution in [3.63, 3.8) is 0 Å². The summed E-state index contributed by atoms with van der Waals surface area (Å²) in [5, 5.41) is 14.2. The highest BCUT2D eigenvalue weighted by Crippen LogP contribution is 2.30. The first-order valence-electron chi connectivity index (χ1n) is 8.23. The fraction of sp³-hybridized carbons (Fsp3) is 0.333. The van der Waals surface area contributed by atoms with Crippen LogP contribution in [0, 0.1) is 0 Å². The van der Waals surface area contributed by atoms with Crippen LogP contribution in [0.3, 0.4) is 0 Å². The number of aromatic nitrogens is 4. The molecule has 0 aliphatic heterocycles. The normalized spacial score (nSPS) is 11.7. The second-order valence-corrected chi connectivity index (χ2v) is 7.82. The van der Waals surface area contributed by atoms with E-state index in [9.17, 15) is 9.59 Å². The number of carbonyl (C=O) groups is 1. The first-order chi connectivity index (χ1) is 12.3. The minimum Gasteiger partial charge on any atom is -0.351 e. The van der Waals surface area contributed by atoms with Gasteiger partial charge in [0.2, 0.25) is 5.91 Å². The lowest BCUT2D eigenvalue weighted by Crippen LogP contribution is -2.35. The van der Waals surface area contributed by atoms with Gasteiger partial charge in [-0.3, -0.25) is 14.3 Å². The van der Waals surface area contributed by atoms with E-state index in [4.69, 9.17) is 0 Å². The number of hydrogen-bond acceptors (Lipinski definition) is 5. The molecule has 0 aliphatic rings. The summed E-state index contributed by atoms with van der Waals surface area (Å²) in [5.41, 5.74) is 0.397. The van der Waals surface area contributed by atoms with E-state index < -0.39 is 0 Å².